The topological polar surface area (TPSA) is 135 Å². The van der Waals surface area contributed by atoms with Crippen molar-refractivity contribution in [3.8, 4) is 0 Å². The van der Waals surface area contributed by atoms with Crippen molar-refractivity contribution in [2.45, 2.75) is 31.7 Å². The second kappa shape index (κ2) is 14.4. The van der Waals surface area contributed by atoms with Gasteiger partial charge in [0.05, 0.1) is 24.6 Å². The summed E-state index contributed by atoms with van der Waals surface area (Å²) in [4.78, 5) is 39.5. The van der Waals surface area contributed by atoms with Crippen LogP contribution >= 0.6 is 18.1 Å². The maximum atomic E-state index is 13.1. The van der Waals surface area contributed by atoms with Crippen molar-refractivity contribution in [2.75, 3.05) is 39.1 Å². The van der Waals surface area contributed by atoms with Crippen molar-refractivity contribution in [1.29, 1.82) is 0 Å². The Balaban J connectivity index is 1.52. The fraction of sp³-hybridized carbons (Fsp3) is 0.314. The number of hydrogen-bond donors (Lipinski definition) is 2. The number of carbonyl (C=O) groups excluding carboxylic acids is 1. The lowest BCUT2D eigenvalue weighted by atomic mass is 9.75. The number of hydrogen-bond acceptors (Lipinski definition) is 8. The highest BCUT2D eigenvalue weighted by Crippen LogP contribution is 2.54. The molecule has 14 heteroatoms. The average molecular weight is 704 g/mol. The lowest BCUT2D eigenvalue weighted by Gasteiger charge is -2.50. The normalized spacial score (nSPS) is 18.5. The molecule has 3 aromatic carbocycles. The van der Waals surface area contributed by atoms with Gasteiger partial charge in [0.1, 0.15) is 6.23 Å². The second-order valence-corrected chi connectivity index (χ2v) is 15.6. The van der Waals surface area contributed by atoms with Crippen LogP contribution in [0.5, 0.6) is 0 Å². The van der Waals surface area contributed by atoms with E-state index in [4.69, 9.17) is 20.5 Å². The predicted molar refractivity (Wildman–Crippen MR) is 189 cm³/mol. The van der Waals surface area contributed by atoms with Crippen LogP contribution in [0, 0.1) is 5.92 Å². The molecule has 3 heterocycles. The molecule has 1 saturated heterocycles. The summed E-state index contributed by atoms with van der Waals surface area (Å²) < 4.78 is 28.6. The van der Waals surface area contributed by atoms with E-state index < -0.39 is 30.3 Å². The van der Waals surface area contributed by atoms with Crippen molar-refractivity contribution in [2.24, 2.45) is 5.92 Å². The van der Waals surface area contributed by atoms with Crippen molar-refractivity contribution in [3.63, 3.8) is 0 Å². The van der Waals surface area contributed by atoms with Crippen LogP contribution in [0.4, 0.5) is 5.95 Å². The molecule has 49 heavy (non-hydrogen) atoms. The SMILES string of the molecule is CC(C)C(=O)Nc1nc2c(ncn2C2CN(C(c3ccccc3)(c3ccccc3)c3ccccc3)C[C@@H](CO[P@](=O)(Cl)N(C)C)O2)c(=O)[nH]1. The Morgan fingerprint density at radius 2 is 1.57 bits per heavy atom. The summed E-state index contributed by atoms with van der Waals surface area (Å²) in [5.41, 5.74) is 2.06. The number of carbonyl (C=O) groups is 1. The summed E-state index contributed by atoms with van der Waals surface area (Å²) in [6.45, 7) is 0.450. The van der Waals surface area contributed by atoms with Crippen LogP contribution < -0.4 is 10.9 Å². The number of aromatic amines is 1. The third-order valence-electron chi connectivity index (χ3n) is 8.61. The molecule has 1 amide bonds. The standard InChI is InChI=1S/C35H39ClN7O5P/c1-24(2)32(44)39-34-38-31-30(33(45)40-34)37-23-43(31)29-21-42(20-28(48-29)22-47-49(36,46)41(3)4)35(25-14-8-5-9-15-25,26-16-10-6-11-17-26)27-18-12-7-13-19-27/h5-19,23-24,28-29H,20-22H2,1-4H3,(H2,38,39,40,44,45)/t28-,29?,49+/m0/s1. The van der Waals surface area contributed by atoms with Gasteiger partial charge in [0.25, 0.3) is 5.56 Å². The van der Waals surface area contributed by atoms with E-state index in [9.17, 15) is 14.2 Å². The average Bonchev–Trinajstić information content (AvgIpc) is 3.54. The number of fused-ring (bicyclic) bond motifs is 1. The highest BCUT2D eigenvalue weighted by molar-refractivity contribution is 7.83. The third kappa shape index (κ3) is 6.98. The Labute approximate surface area is 289 Å². The molecular formula is C35H39ClN7O5P. The summed E-state index contributed by atoms with van der Waals surface area (Å²) in [5.74, 6) is -0.619. The van der Waals surface area contributed by atoms with Gasteiger partial charge >= 0.3 is 6.87 Å². The minimum atomic E-state index is -3.63. The molecule has 0 saturated carbocycles. The first-order valence-corrected chi connectivity index (χ1v) is 18.5. The highest BCUT2D eigenvalue weighted by atomic mass is 35.7. The first kappa shape index (κ1) is 34.7. The first-order valence-electron chi connectivity index (χ1n) is 16.0. The van der Waals surface area contributed by atoms with E-state index in [2.05, 4.69) is 61.6 Å². The van der Waals surface area contributed by atoms with E-state index in [-0.39, 0.29) is 35.5 Å². The Bertz CT molecular complexity index is 1910. The lowest BCUT2D eigenvalue weighted by Crippen LogP contribution is -2.57. The molecule has 5 aromatic rings. The van der Waals surface area contributed by atoms with Gasteiger partial charge in [-0.1, -0.05) is 105 Å². The van der Waals surface area contributed by atoms with E-state index in [0.717, 1.165) is 16.7 Å². The molecule has 1 aliphatic rings. The van der Waals surface area contributed by atoms with E-state index in [1.807, 2.05) is 54.6 Å². The zero-order valence-corrected chi connectivity index (χ0v) is 29.3. The number of halogens is 1. The number of nitrogens with zero attached hydrogens (tertiary/aromatic N) is 5. The number of aromatic nitrogens is 4. The quantitative estimate of drug-likeness (QED) is 0.129. The number of imidazole rings is 1. The Hall–Kier alpha value is -4.16. The largest absolute Gasteiger partial charge is 0.362 e. The molecule has 0 spiro atoms. The fourth-order valence-electron chi connectivity index (χ4n) is 6.17. The molecule has 0 bridgehead atoms. The Morgan fingerprint density at radius 3 is 2.08 bits per heavy atom. The number of ether oxygens (including phenoxy) is 1. The molecule has 1 unspecified atom stereocenters. The van der Waals surface area contributed by atoms with Crippen LogP contribution in [0.1, 0.15) is 36.8 Å². The summed E-state index contributed by atoms with van der Waals surface area (Å²) in [7, 11) is 3.18. The van der Waals surface area contributed by atoms with Gasteiger partial charge in [0, 0.05) is 19.0 Å². The zero-order valence-electron chi connectivity index (χ0n) is 27.7. The minimum Gasteiger partial charge on any atom is -0.350 e. The summed E-state index contributed by atoms with van der Waals surface area (Å²) in [5, 5.41) is 2.68. The Morgan fingerprint density at radius 1 is 1.02 bits per heavy atom. The van der Waals surface area contributed by atoms with Gasteiger partial charge in [-0.2, -0.15) is 4.98 Å². The van der Waals surface area contributed by atoms with Gasteiger partial charge < -0.3 is 9.26 Å². The number of H-pyrrole nitrogens is 1. The third-order valence-corrected chi connectivity index (χ3v) is 11.2. The highest BCUT2D eigenvalue weighted by Gasteiger charge is 2.47. The van der Waals surface area contributed by atoms with Gasteiger partial charge in [-0.05, 0) is 42.0 Å². The lowest BCUT2D eigenvalue weighted by molar-refractivity contribution is -0.145. The van der Waals surface area contributed by atoms with Gasteiger partial charge in [-0.3, -0.25) is 33.9 Å². The van der Waals surface area contributed by atoms with Crippen LogP contribution in [0.15, 0.2) is 102 Å². The van der Waals surface area contributed by atoms with E-state index >= 15 is 0 Å². The number of anilines is 1. The molecule has 2 N–H and O–H groups in total. The molecule has 0 radical (unpaired) electrons. The smallest absolute Gasteiger partial charge is 0.350 e. The molecule has 256 valence electrons. The minimum absolute atomic E-state index is 0.00626. The molecule has 12 nitrogen and oxygen atoms in total. The summed E-state index contributed by atoms with van der Waals surface area (Å²) in [6.07, 6.45) is 0.120. The van der Waals surface area contributed by atoms with E-state index in [1.54, 1.807) is 32.5 Å². The van der Waals surface area contributed by atoms with Gasteiger partial charge in [-0.15, -0.1) is 0 Å². The second-order valence-electron chi connectivity index (χ2n) is 12.4. The number of nitrogens with one attached hydrogen (secondary N) is 2. The molecule has 0 aliphatic carbocycles. The monoisotopic (exact) mass is 703 g/mol. The first-order chi connectivity index (χ1) is 23.5. The fourth-order valence-corrected chi connectivity index (χ4v) is 6.92. The van der Waals surface area contributed by atoms with E-state index in [1.165, 1.54) is 11.0 Å². The van der Waals surface area contributed by atoms with Crippen molar-refractivity contribution in [3.05, 3.63) is 124 Å². The number of morpholine rings is 1. The molecule has 6 rings (SSSR count). The predicted octanol–water partition coefficient (Wildman–Crippen LogP) is 5.83. The van der Waals surface area contributed by atoms with Crippen molar-refractivity contribution >= 4 is 41.1 Å². The van der Waals surface area contributed by atoms with Gasteiger partial charge in [0.2, 0.25) is 11.9 Å². The zero-order chi connectivity index (χ0) is 34.8. The van der Waals surface area contributed by atoms with Crippen LogP contribution in [0.2, 0.25) is 0 Å². The van der Waals surface area contributed by atoms with Crippen molar-refractivity contribution in [1.82, 2.24) is 29.1 Å². The van der Waals surface area contributed by atoms with Crippen LogP contribution in [0.3, 0.4) is 0 Å². The molecule has 2 aromatic heterocycles. The summed E-state index contributed by atoms with van der Waals surface area (Å²) in [6, 6.07) is 30.7. The molecule has 1 aliphatic heterocycles. The molecule has 1 fully saturated rings. The van der Waals surface area contributed by atoms with E-state index in [0.29, 0.717) is 13.1 Å². The Kier molecular flexibility index (Phi) is 10.2. The maximum Gasteiger partial charge on any atom is 0.362 e. The van der Waals surface area contributed by atoms with Crippen LogP contribution in [-0.4, -0.2) is 74.9 Å². The number of amides is 1. The molecule has 3 atom stereocenters. The van der Waals surface area contributed by atoms with Crippen LogP contribution in [0.25, 0.3) is 11.2 Å². The number of rotatable bonds is 11. The van der Waals surface area contributed by atoms with Gasteiger partial charge in [0.15, 0.2) is 11.2 Å². The van der Waals surface area contributed by atoms with Gasteiger partial charge in [-0.25, -0.2) is 9.65 Å². The maximum absolute atomic E-state index is 13.1. The molecular weight excluding hydrogens is 665 g/mol. The number of benzene rings is 3. The summed E-state index contributed by atoms with van der Waals surface area (Å²) >= 11 is 6.31. The van der Waals surface area contributed by atoms with Crippen LogP contribution in [-0.2, 0) is 24.2 Å². The van der Waals surface area contributed by atoms with Crippen molar-refractivity contribution < 1.29 is 18.6 Å².